The van der Waals surface area contributed by atoms with Crippen LogP contribution in [-0.4, -0.2) is 11.6 Å². The van der Waals surface area contributed by atoms with E-state index < -0.39 is 0 Å². The van der Waals surface area contributed by atoms with Gasteiger partial charge in [0.25, 0.3) is 5.88 Å². The van der Waals surface area contributed by atoms with Crippen LogP contribution in [0.15, 0.2) is 12.1 Å². The summed E-state index contributed by atoms with van der Waals surface area (Å²) in [7, 11) is 0. The fourth-order valence-electron chi connectivity index (χ4n) is 1.42. The molecule has 1 aliphatic carbocycles. The summed E-state index contributed by atoms with van der Waals surface area (Å²) in [4.78, 5) is 4.25. The lowest BCUT2D eigenvalue weighted by atomic mass is 9.92. The molecule has 0 unspecified atom stereocenters. The van der Waals surface area contributed by atoms with Gasteiger partial charge in [-0.3, -0.25) is 0 Å². The van der Waals surface area contributed by atoms with Crippen molar-refractivity contribution in [3.63, 3.8) is 0 Å². The van der Waals surface area contributed by atoms with Crippen LogP contribution < -0.4 is 4.74 Å². The van der Waals surface area contributed by atoms with E-state index in [1.807, 2.05) is 0 Å². The summed E-state index contributed by atoms with van der Waals surface area (Å²) in [5.74, 6) is 0.396. The monoisotopic (exact) mass is 223 g/mol. The van der Waals surface area contributed by atoms with E-state index in [2.05, 4.69) is 25.8 Å². The van der Waals surface area contributed by atoms with Gasteiger partial charge in [0.1, 0.15) is 0 Å². The van der Waals surface area contributed by atoms with Crippen molar-refractivity contribution in [2.45, 2.75) is 39.0 Å². The molecule has 0 spiro atoms. The van der Waals surface area contributed by atoms with Gasteiger partial charge in [-0.2, -0.15) is 0 Å². The molecular formula is C13H18FNO. The number of hydrogen-bond acceptors (Lipinski definition) is 2. The Labute approximate surface area is 95.8 Å². The lowest BCUT2D eigenvalue weighted by molar-refractivity contribution is 0.271. The number of ether oxygens (including phenoxy) is 1. The maximum atomic E-state index is 13.4. The van der Waals surface area contributed by atoms with E-state index in [4.69, 9.17) is 4.74 Å². The van der Waals surface area contributed by atoms with Gasteiger partial charge in [0.2, 0.25) is 0 Å². The molecule has 2 rings (SSSR count). The van der Waals surface area contributed by atoms with Crippen molar-refractivity contribution >= 4 is 0 Å². The fourth-order valence-corrected chi connectivity index (χ4v) is 1.42. The minimum Gasteiger partial charge on any atom is -0.475 e. The van der Waals surface area contributed by atoms with Crippen molar-refractivity contribution in [3.05, 3.63) is 23.6 Å². The molecule has 0 aliphatic heterocycles. The number of nitrogens with zero attached hydrogens (tertiary/aromatic N) is 1. The summed E-state index contributed by atoms with van der Waals surface area (Å²) in [5.41, 5.74) is 0.783. The summed E-state index contributed by atoms with van der Waals surface area (Å²) >= 11 is 0. The zero-order valence-corrected chi connectivity index (χ0v) is 10.1. The molecule has 1 aromatic rings. The van der Waals surface area contributed by atoms with Crippen LogP contribution in [0.4, 0.5) is 4.39 Å². The Morgan fingerprint density at radius 3 is 2.62 bits per heavy atom. The molecule has 2 nitrogen and oxygen atoms in total. The Hall–Kier alpha value is -1.12. The summed E-state index contributed by atoms with van der Waals surface area (Å²) in [5, 5.41) is 0. The first kappa shape index (κ1) is 11.4. The quantitative estimate of drug-likeness (QED) is 0.784. The normalized spacial score (nSPS) is 16.2. The Balaban J connectivity index is 2.14. The van der Waals surface area contributed by atoms with Crippen molar-refractivity contribution in [2.24, 2.45) is 5.92 Å². The van der Waals surface area contributed by atoms with E-state index in [-0.39, 0.29) is 17.1 Å². The third kappa shape index (κ3) is 2.71. The molecule has 0 atom stereocenters. The maximum Gasteiger partial charge on any atom is 0.250 e. The smallest absolute Gasteiger partial charge is 0.250 e. The van der Waals surface area contributed by atoms with Gasteiger partial charge in [-0.05, 0) is 30.9 Å². The van der Waals surface area contributed by atoms with E-state index in [1.165, 1.54) is 18.9 Å². The first-order valence-electron chi connectivity index (χ1n) is 5.76. The van der Waals surface area contributed by atoms with Crippen molar-refractivity contribution in [2.75, 3.05) is 6.61 Å². The predicted molar refractivity (Wildman–Crippen MR) is 61.1 cm³/mol. The topological polar surface area (TPSA) is 22.1 Å². The minimum atomic E-state index is -0.367. The highest BCUT2D eigenvalue weighted by Gasteiger charge is 2.23. The SMILES string of the molecule is CC(C)(C)c1ccc(F)c(OCC2CC2)n1. The van der Waals surface area contributed by atoms with Gasteiger partial charge in [-0.15, -0.1) is 0 Å². The van der Waals surface area contributed by atoms with E-state index in [0.717, 1.165) is 5.69 Å². The first-order valence-corrected chi connectivity index (χ1v) is 5.76. The van der Waals surface area contributed by atoms with Crippen LogP contribution in [0, 0.1) is 11.7 Å². The number of pyridine rings is 1. The summed E-state index contributed by atoms with van der Waals surface area (Å²) in [6.45, 7) is 6.76. The lowest BCUT2D eigenvalue weighted by Crippen LogP contribution is -2.15. The predicted octanol–water partition coefficient (Wildman–Crippen LogP) is 3.31. The van der Waals surface area contributed by atoms with Crippen molar-refractivity contribution < 1.29 is 9.13 Å². The Morgan fingerprint density at radius 1 is 1.38 bits per heavy atom. The Bertz CT molecular complexity index is 380. The van der Waals surface area contributed by atoms with Gasteiger partial charge < -0.3 is 4.74 Å². The Kier molecular flexibility index (Phi) is 2.87. The molecule has 0 radical (unpaired) electrons. The second kappa shape index (κ2) is 4.04. The molecule has 88 valence electrons. The Morgan fingerprint density at radius 2 is 2.06 bits per heavy atom. The van der Waals surface area contributed by atoms with Gasteiger partial charge in [0, 0.05) is 11.1 Å². The third-order valence-corrected chi connectivity index (χ3v) is 2.73. The molecule has 1 fully saturated rings. The molecule has 0 aromatic carbocycles. The van der Waals surface area contributed by atoms with E-state index in [9.17, 15) is 4.39 Å². The third-order valence-electron chi connectivity index (χ3n) is 2.73. The van der Waals surface area contributed by atoms with E-state index in [0.29, 0.717) is 12.5 Å². The largest absolute Gasteiger partial charge is 0.475 e. The molecule has 1 saturated carbocycles. The standard InChI is InChI=1S/C13H18FNO/c1-13(2,3)11-7-6-10(14)12(15-11)16-8-9-4-5-9/h6-7,9H,4-5,8H2,1-3H3. The lowest BCUT2D eigenvalue weighted by Gasteiger charge is -2.18. The zero-order chi connectivity index (χ0) is 11.8. The van der Waals surface area contributed by atoms with E-state index in [1.54, 1.807) is 6.07 Å². The van der Waals surface area contributed by atoms with Gasteiger partial charge in [-0.25, -0.2) is 9.37 Å². The van der Waals surface area contributed by atoms with Crippen molar-refractivity contribution in [1.29, 1.82) is 0 Å². The van der Waals surface area contributed by atoms with Gasteiger partial charge in [-0.1, -0.05) is 20.8 Å². The number of rotatable bonds is 3. The van der Waals surface area contributed by atoms with Crippen LogP contribution in [0.2, 0.25) is 0 Å². The fraction of sp³-hybridized carbons (Fsp3) is 0.615. The van der Waals surface area contributed by atoms with Gasteiger partial charge in [0.15, 0.2) is 5.82 Å². The van der Waals surface area contributed by atoms with Crippen LogP contribution in [0.25, 0.3) is 0 Å². The van der Waals surface area contributed by atoms with Crippen molar-refractivity contribution in [1.82, 2.24) is 4.98 Å². The van der Waals surface area contributed by atoms with Gasteiger partial charge in [0.05, 0.1) is 6.61 Å². The second-order valence-corrected chi connectivity index (χ2v) is 5.49. The molecular weight excluding hydrogens is 205 g/mol. The van der Waals surface area contributed by atoms with Crippen LogP contribution in [0.3, 0.4) is 0 Å². The van der Waals surface area contributed by atoms with Crippen LogP contribution in [0.1, 0.15) is 39.3 Å². The average molecular weight is 223 g/mol. The molecule has 1 aliphatic rings. The molecule has 0 amide bonds. The molecule has 0 saturated heterocycles. The molecule has 1 heterocycles. The average Bonchev–Trinajstić information content (AvgIpc) is 2.98. The minimum absolute atomic E-state index is 0.0780. The second-order valence-electron chi connectivity index (χ2n) is 5.49. The van der Waals surface area contributed by atoms with Crippen LogP contribution >= 0.6 is 0 Å². The molecule has 3 heteroatoms. The number of hydrogen-bond donors (Lipinski definition) is 0. The first-order chi connectivity index (χ1) is 7.47. The van der Waals surface area contributed by atoms with Crippen LogP contribution in [-0.2, 0) is 5.41 Å². The summed E-state index contributed by atoms with van der Waals surface area (Å²) < 4.78 is 18.9. The zero-order valence-electron chi connectivity index (χ0n) is 10.1. The summed E-state index contributed by atoms with van der Waals surface area (Å²) in [6.07, 6.45) is 2.39. The maximum absolute atomic E-state index is 13.4. The van der Waals surface area contributed by atoms with Crippen molar-refractivity contribution in [3.8, 4) is 5.88 Å². The van der Waals surface area contributed by atoms with Crippen LogP contribution in [0.5, 0.6) is 5.88 Å². The molecule has 16 heavy (non-hydrogen) atoms. The number of aromatic nitrogens is 1. The summed E-state index contributed by atoms with van der Waals surface area (Å²) in [6, 6.07) is 3.16. The van der Waals surface area contributed by atoms with E-state index >= 15 is 0 Å². The molecule has 0 N–H and O–H groups in total. The molecule has 0 bridgehead atoms. The number of halogens is 1. The highest BCUT2D eigenvalue weighted by molar-refractivity contribution is 5.22. The van der Waals surface area contributed by atoms with Gasteiger partial charge >= 0.3 is 0 Å². The highest BCUT2D eigenvalue weighted by Crippen LogP contribution is 2.30. The highest BCUT2D eigenvalue weighted by atomic mass is 19.1. The molecule has 1 aromatic heterocycles.